The second-order valence-corrected chi connectivity index (χ2v) is 5.22. The summed E-state index contributed by atoms with van der Waals surface area (Å²) in [5.41, 5.74) is 0.702. The summed E-state index contributed by atoms with van der Waals surface area (Å²) in [5.74, 6) is 0.536. The average Bonchev–Trinajstić information content (AvgIpc) is 2.34. The number of hydrogen-bond donors (Lipinski definition) is 0. The summed E-state index contributed by atoms with van der Waals surface area (Å²) in [6.45, 7) is 6.73. The number of ether oxygens (including phenoxy) is 1. The molecule has 0 aromatic heterocycles. The Balaban J connectivity index is 2.13. The quantitative estimate of drug-likeness (QED) is 0.810. The van der Waals surface area contributed by atoms with Gasteiger partial charge in [0.25, 0.3) is 0 Å². The van der Waals surface area contributed by atoms with Gasteiger partial charge in [-0.05, 0) is 51.9 Å². The van der Waals surface area contributed by atoms with Crippen LogP contribution in [-0.4, -0.2) is 24.1 Å². The van der Waals surface area contributed by atoms with Crippen LogP contribution in [0, 0.1) is 5.82 Å². The Kier molecular flexibility index (Phi) is 4.59. The van der Waals surface area contributed by atoms with Crippen molar-refractivity contribution in [2.45, 2.75) is 45.8 Å². The Bertz CT molecular complexity index is 386. The van der Waals surface area contributed by atoms with Gasteiger partial charge in [-0.2, -0.15) is 0 Å². The molecule has 100 valence electrons. The van der Waals surface area contributed by atoms with E-state index in [1.165, 1.54) is 25.3 Å². The molecule has 18 heavy (non-hydrogen) atoms. The first kappa shape index (κ1) is 13.3. The molecule has 1 aromatic carbocycles. The largest absolute Gasteiger partial charge is 0.491 e. The zero-order valence-corrected chi connectivity index (χ0v) is 11.3. The molecule has 1 aliphatic rings. The van der Waals surface area contributed by atoms with Crippen LogP contribution in [0.5, 0.6) is 5.75 Å². The maximum Gasteiger partial charge on any atom is 0.131 e. The second-order valence-electron chi connectivity index (χ2n) is 5.22. The van der Waals surface area contributed by atoms with Gasteiger partial charge in [0.15, 0.2) is 0 Å². The first-order valence-corrected chi connectivity index (χ1v) is 6.83. The Morgan fingerprint density at radius 3 is 2.61 bits per heavy atom. The molecule has 1 aliphatic heterocycles. The molecular formula is C15H22FNO. The van der Waals surface area contributed by atoms with Gasteiger partial charge in [0, 0.05) is 12.1 Å². The molecule has 0 radical (unpaired) electrons. The first-order chi connectivity index (χ1) is 8.66. The number of benzene rings is 1. The van der Waals surface area contributed by atoms with Crippen LogP contribution in [0.1, 0.15) is 38.7 Å². The average molecular weight is 251 g/mol. The van der Waals surface area contributed by atoms with E-state index in [1.54, 1.807) is 6.07 Å². The molecule has 0 bridgehead atoms. The highest BCUT2D eigenvalue weighted by Gasteiger charge is 2.16. The van der Waals surface area contributed by atoms with Gasteiger partial charge >= 0.3 is 0 Å². The molecule has 0 amide bonds. The van der Waals surface area contributed by atoms with Crippen molar-refractivity contribution in [1.29, 1.82) is 0 Å². The van der Waals surface area contributed by atoms with Gasteiger partial charge in [0.2, 0.25) is 0 Å². The van der Waals surface area contributed by atoms with Crippen LogP contribution in [0.3, 0.4) is 0 Å². The van der Waals surface area contributed by atoms with Crippen LogP contribution < -0.4 is 4.74 Å². The molecule has 1 saturated heterocycles. The fourth-order valence-electron chi connectivity index (χ4n) is 2.40. The van der Waals surface area contributed by atoms with E-state index in [9.17, 15) is 4.39 Å². The van der Waals surface area contributed by atoms with Crippen molar-refractivity contribution < 1.29 is 9.13 Å². The molecule has 0 aliphatic carbocycles. The fraction of sp³-hybridized carbons (Fsp3) is 0.600. The SMILES string of the molecule is CC(C)Oc1cccc(F)c1CN1CCCCC1. The number of halogens is 1. The summed E-state index contributed by atoms with van der Waals surface area (Å²) < 4.78 is 19.6. The van der Waals surface area contributed by atoms with E-state index in [0.29, 0.717) is 17.9 Å². The van der Waals surface area contributed by atoms with Gasteiger partial charge in [-0.25, -0.2) is 4.39 Å². The number of likely N-dealkylation sites (tertiary alicyclic amines) is 1. The number of piperidine rings is 1. The second kappa shape index (κ2) is 6.19. The van der Waals surface area contributed by atoms with Crippen molar-refractivity contribution in [1.82, 2.24) is 4.90 Å². The van der Waals surface area contributed by atoms with Crippen LogP contribution in [0.15, 0.2) is 18.2 Å². The standard InChI is InChI=1S/C15H22FNO/c1-12(2)18-15-8-6-7-14(16)13(15)11-17-9-4-3-5-10-17/h6-8,12H,3-5,9-11H2,1-2H3. The van der Waals surface area contributed by atoms with E-state index in [2.05, 4.69) is 4.90 Å². The Morgan fingerprint density at radius 1 is 1.22 bits per heavy atom. The number of nitrogens with zero attached hydrogens (tertiary/aromatic N) is 1. The van der Waals surface area contributed by atoms with Crippen LogP contribution in [0.2, 0.25) is 0 Å². The summed E-state index contributed by atoms with van der Waals surface area (Å²) >= 11 is 0. The molecule has 0 N–H and O–H groups in total. The Morgan fingerprint density at radius 2 is 1.94 bits per heavy atom. The van der Waals surface area contributed by atoms with Crippen molar-refractivity contribution in [2.75, 3.05) is 13.1 Å². The van der Waals surface area contributed by atoms with Gasteiger partial charge in [-0.3, -0.25) is 4.90 Å². The van der Waals surface area contributed by atoms with Crippen molar-refractivity contribution in [3.8, 4) is 5.75 Å². The lowest BCUT2D eigenvalue weighted by molar-refractivity contribution is 0.203. The van der Waals surface area contributed by atoms with E-state index in [4.69, 9.17) is 4.74 Å². The number of rotatable bonds is 4. The number of hydrogen-bond acceptors (Lipinski definition) is 2. The first-order valence-electron chi connectivity index (χ1n) is 6.83. The van der Waals surface area contributed by atoms with Crippen molar-refractivity contribution in [3.05, 3.63) is 29.6 Å². The maximum absolute atomic E-state index is 13.9. The normalized spacial score (nSPS) is 17.1. The van der Waals surface area contributed by atoms with Gasteiger partial charge in [0.05, 0.1) is 6.10 Å². The van der Waals surface area contributed by atoms with Gasteiger partial charge in [0.1, 0.15) is 11.6 Å². The predicted octanol–water partition coefficient (Wildman–Crippen LogP) is 3.60. The Labute approximate surface area is 109 Å². The van der Waals surface area contributed by atoms with E-state index in [1.807, 2.05) is 19.9 Å². The molecular weight excluding hydrogens is 229 g/mol. The fourth-order valence-corrected chi connectivity index (χ4v) is 2.40. The highest BCUT2D eigenvalue weighted by Crippen LogP contribution is 2.25. The highest BCUT2D eigenvalue weighted by atomic mass is 19.1. The van der Waals surface area contributed by atoms with E-state index < -0.39 is 0 Å². The lowest BCUT2D eigenvalue weighted by Crippen LogP contribution is -2.29. The van der Waals surface area contributed by atoms with E-state index in [0.717, 1.165) is 13.1 Å². The summed E-state index contributed by atoms with van der Waals surface area (Å²) in [4.78, 5) is 2.31. The Hall–Kier alpha value is -1.09. The lowest BCUT2D eigenvalue weighted by Gasteiger charge is -2.27. The summed E-state index contributed by atoms with van der Waals surface area (Å²) in [6, 6.07) is 5.10. The maximum atomic E-state index is 13.9. The van der Waals surface area contributed by atoms with Crippen molar-refractivity contribution >= 4 is 0 Å². The summed E-state index contributed by atoms with van der Waals surface area (Å²) in [7, 11) is 0. The zero-order chi connectivity index (χ0) is 13.0. The summed E-state index contributed by atoms with van der Waals surface area (Å²) in [6.07, 6.45) is 3.80. The zero-order valence-electron chi connectivity index (χ0n) is 11.3. The van der Waals surface area contributed by atoms with Crippen LogP contribution in [0.25, 0.3) is 0 Å². The lowest BCUT2D eigenvalue weighted by atomic mass is 10.1. The van der Waals surface area contributed by atoms with Crippen LogP contribution >= 0.6 is 0 Å². The minimum atomic E-state index is -0.154. The van der Waals surface area contributed by atoms with Gasteiger partial charge in [-0.1, -0.05) is 12.5 Å². The molecule has 0 atom stereocenters. The molecule has 1 aromatic rings. The molecule has 0 spiro atoms. The highest BCUT2D eigenvalue weighted by molar-refractivity contribution is 5.34. The van der Waals surface area contributed by atoms with Crippen molar-refractivity contribution in [3.63, 3.8) is 0 Å². The molecule has 2 nitrogen and oxygen atoms in total. The smallest absolute Gasteiger partial charge is 0.131 e. The molecule has 3 heteroatoms. The predicted molar refractivity (Wildman–Crippen MR) is 71.3 cm³/mol. The van der Waals surface area contributed by atoms with E-state index in [-0.39, 0.29) is 11.9 Å². The van der Waals surface area contributed by atoms with Gasteiger partial charge < -0.3 is 4.74 Å². The van der Waals surface area contributed by atoms with Crippen molar-refractivity contribution in [2.24, 2.45) is 0 Å². The molecule has 2 rings (SSSR count). The third-order valence-electron chi connectivity index (χ3n) is 3.27. The molecule has 0 saturated carbocycles. The molecule has 1 heterocycles. The topological polar surface area (TPSA) is 12.5 Å². The monoisotopic (exact) mass is 251 g/mol. The minimum Gasteiger partial charge on any atom is -0.491 e. The van der Waals surface area contributed by atoms with Gasteiger partial charge in [-0.15, -0.1) is 0 Å². The third-order valence-corrected chi connectivity index (χ3v) is 3.27. The molecule has 0 unspecified atom stereocenters. The van der Waals surface area contributed by atoms with Crippen LogP contribution in [0.4, 0.5) is 4.39 Å². The van der Waals surface area contributed by atoms with E-state index >= 15 is 0 Å². The summed E-state index contributed by atoms with van der Waals surface area (Å²) in [5, 5.41) is 0. The van der Waals surface area contributed by atoms with Crippen LogP contribution in [-0.2, 0) is 6.54 Å². The third kappa shape index (κ3) is 3.45. The minimum absolute atomic E-state index is 0.0758. The molecule has 1 fully saturated rings.